The van der Waals surface area contributed by atoms with Crippen LogP contribution >= 0.6 is 11.3 Å². The molecule has 3 rings (SSSR count). The number of pyridine rings is 1. The molecule has 1 aliphatic rings. The number of anilines is 1. The Morgan fingerprint density at radius 1 is 1.21 bits per heavy atom. The normalized spacial score (nSPS) is 15.6. The Balaban J connectivity index is 1.71. The van der Waals surface area contributed by atoms with E-state index in [2.05, 4.69) is 4.98 Å². The Kier molecular flexibility index (Phi) is 4.31. The summed E-state index contributed by atoms with van der Waals surface area (Å²) in [6.07, 6.45) is -2.96. The van der Waals surface area contributed by atoms with Gasteiger partial charge in [0.2, 0.25) is 0 Å². The number of alkyl halides is 3. The molecule has 0 aliphatic carbocycles. The second kappa shape index (κ2) is 6.27. The summed E-state index contributed by atoms with van der Waals surface area (Å²) in [7, 11) is 0. The van der Waals surface area contributed by atoms with Crippen molar-refractivity contribution in [3.8, 4) is 0 Å². The van der Waals surface area contributed by atoms with Crippen molar-refractivity contribution in [1.82, 2.24) is 14.9 Å². The fourth-order valence-corrected chi connectivity index (χ4v) is 3.15. The number of aromatic nitrogens is 2. The lowest BCUT2D eigenvalue weighted by Crippen LogP contribution is -2.49. The van der Waals surface area contributed by atoms with E-state index in [0.717, 1.165) is 11.2 Å². The van der Waals surface area contributed by atoms with Crippen molar-refractivity contribution in [1.29, 1.82) is 0 Å². The predicted molar refractivity (Wildman–Crippen MR) is 82.3 cm³/mol. The van der Waals surface area contributed by atoms with Crippen LogP contribution in [-0.4, -0.2) is 47.0 Å². The van der Waals surface area contributed by atoms with Crippen molar-refractivity contribution in [2.24, 2.45) is 0 Å². The third-order valence-electron chi connectivity index (χ3n) is 3.70. The van der Waals surface area contributed by atoms with E-state index in [9.17, 15) is 22.8 Å². The van der Waals surface area contributed by atoms with Crippen molar-refractivity contribution < 1.29 is 18.0 Å². The van der Waals surface area contributed by atoms with Crippen LogP contribution < -0.4 is 10.5 Å². The maximum Gasteiger partial charge on any atom is 0.431 e. The lowest BCUT2D eigenvalue weighted by Gasteiger charge is -2.34. The van der Waals surface area contributed by atoms with Gasteiger partial charge in [-0.05, 0) is 12.1 Å². The standard InChI is InChI=1S/C14H13F3N4O2S/c15-14(16,17)10-2-1-9(11(22)19-10)12(23)20-4-6-21(7-5-20)13-18-3-8-24-13/h1-3,8H,4-7H2,(H,19,22). The van der Waals surface area contributed by atoms with Crippen molar-refractivity contribution in [3.63, 3.8) is 0 Å². The molecule has 0 radical (unpaired) electrons. The largest absolute Gasteiger partial charge is 0.431 e. The zero-order valence-electron chi connectivity index (χ0n) is 12.3. The monoisotopic (exact) mass is 358 g/mol. The van der Waals surface area contributed by atoms with E-state index in [1.54, 1.807) is 11.2 Å². The molecular formula is C14H13F3N4O2S. The van der Waals surface area contributed by atoms with Crippen LogP contribution in [0.4, 0.5) is 18.3 Å². The van der Waals surface area contributed by atoms with Gasteiger partial charge in [0, 0.05) is 37.8 Å². The molecular weight excluding hydrogens is 345 g/mol. The number of nitrogens with zero attached hydrogens (tertiary/aromatic N) is 3. The summed E-state index contributed by atoms with van der Waals surface area (Å²) in [5.41, 5.74) is -2.49. The Bertz CT molecular complexity index is 780. The molecule has 0 saturated carbocycles. The highest BCUT2D eigenvalue weighted by molar-refractivity contribution is 7.13. The molecule has 1 N–H and O–H groups in total. The highest BCUT2D eigenvalue weighted by Crippen LogP contribution is 2.26. The first-order chi connectivity index (χ1) is 11.4. The molecule has 0 atom stereocenters. The third kappa shape index (κ3) is 3.28. The SMILES string of the molecule is O=C(c1ccc(C(F)(F)F)[nH]c1=O)N1CCN(c2nccs2)CC1. The molecule has 3 heterocycles. The fraction of sp³-hybridized carbons (Fsp3) is 0.357. The van der Waals surface area contributed by atoms with Crippen molar-refractivity contribution in [2.45, 2.75) is 6.18 Å². The number of carbonyl (C=O) groups is 1. The van der Waals surface area contributed by atoms with E-state index in [1.165, 1.54) is 16.2 Å². The average Bonchev–Trinajstić information content (AvgIpc) is 3.08. The number of amides is 1. The minimum atomic E-state index is -4.65. The second-order valence-corrected chi connectivity index (χ2v) is 6.08. The number of carbonyl (C=O) groups excluding carboxylic acids is 1. The van der Waals surface area contributed by atoms with E-state index in [4.69, 9.17) is 0 Å². The molecule has 1 amide bonds. The topological polar surface area (TPSA) is 69.3 Å². The van der Waals surface area contributed by atoms with Gasteiger partial charge in [0.15, 0.2) is 5.13 Å². The summed E-state index contributed by atoms with van der Waals surface area (Å²) >= 11 is 1.49. The van der Waals surface area contributed by atoms with Gasteiger partial charge < -0.3 is 14.8 Å². The Labute approximate surface area is 138 Å². The maximum absolute atomic E-state index is 12.6. The number of hydrogen-bond acceptors (Lipinski definition) is 5. The molecule has 10 heteroatoms. The van der Waals surface area contributed by atoms with E-state index in [-0.39, 0.29) is 5.56 Å². The molecule has 0 aromatic carbocycles. The molecule has 24 heavy (non-hydrogen) atoms. The first-order valence-electron chi connectivity index (χ1n) is 7.10. The minimum absolute atomic E-state index is 0.286. The van der Waals surface area contributed by atoms with Gasteiger partial charge >= 0.3 is 6.18 Å². The smallest absolute Gasteiger partial charge is 0.345 e. The molecule has 1 saturated heterocycles. The van der Waals surface area contributed by atoms with Crippen molar-refractivity contribution >= 4 is 22.4 Å². The van der Waals surface area contributed by atoms with Gasteiger partial charge in [-0.1, -0.05) is 0 Å². The first kappa shape index (κ1) is 16.5. The molecule has 0 bridgehead atoms. The number of rotatable bonds is 2. The van der Waals surface area contributed by atoms with E-state index < -0.39 is 23.3 Å². The zero-order chi connectivity index (χ0) is 17.3. The van der Waals surface area contributed by atoms with Gasteiger partial charge in [0.05, 0.1) is 0 Å². The molecule has 6 nitrogen and oxygen atoms in total. The average molecular weight is 358 g/mol. The van der Waals surface area contributed by atoms with Gasteiger partial charge in [-0.2, -0.15) is 13.2 Å². The lowest BCUT2D eigenvalue weighted by molar-refractivity contribution is -0.141. The molecule has 2 aromatic heterocycles. The summed E-state index contributed by atoms with van der Waals surface area (Å²) in [6, 6.07) is 1.64. The van der Waals surface area contributed by atoms with Crippen LogP contribution in [-0.2, 0) is 6.18 Å². The number of hydrogen-bond donors (Lipinski definition) is 1. The molecule has 128 valence electrons. The summed E-state index contributed by atoms with van der Waals surface area (Å²) in [4.78, 5) is 33.6. The summed E-state index contributed by atoms with van der Waals surface area (Å²) in [5.74, 6) is -0.566. The van der Waals surface area contributed by atoms with Crippen LogP contribution in [0.25, 0.3) is 0 Å². The first-order valence-corrected chi connectivity index (χ1v) is 7.98. The van der Waals surface area contributed by atoms with E-state index in [1.807, 2.05) is 10.3 Å². The fourth-order valence-electron chi connectivity index (χ4n) is 2.45. The summed E-state index contributed by atoms with van der Waals surface area (Å²) < 4.78 is 37.7. The van der Waals surface area contributed by atoms with Gasteiger partial charge in [-0.3, -0.25) is 9.59 Å². The molecule has 1 fully saturated rings. The lowest BCUT2D eigenvalue weighted by atomic mass is 10.2. The molecule has 1 aliphatic heterocycles. The van der Waals surface area contributed by atoms with Crippen LogP contribution in [0.2, 0.25) is 0 Å². The predicted octanol–water partition coefficient (Wildman–Crippen LogP) is 1.81. The quantitative estimate of drug-likeness (QED) is 0.889. The van der Waals surface area contributed by atoms with Crippen LogP contribution in [0.1, 0.15) is 16.1 Å². The number of nitrogens with one attached hydrogen (secondary N) is 1. The van der Waals surface area contributed by atoms with E-state index in [0.29, 0.717) is 32.2 Å². The van der Waals surface area contributed by atoms with Crippen LogP contribution in [0, 0.1) is 0 Å². The van der Waals surface area contributed by atoms with Crippen molar-refractivity contribution in [3.05, 3.63) is 45.3 Å². The van der Waals surface area contributed by atoms with Gasteiger partial charge in [0.1, 0.15) is 11.3 Å². The highest BCUT2D eigenvalue weighted by Gasteiger charge is 2.33. The molecule has 0 unspecified atom stereocenters. The number of aromatic amines is 1. The van der Waals surface area contributed by atoms with Gasteiger partial charge in [-0.25, -0.2) is 4.98 Å². The maximum atomic E-state index is 12.6. The van der Waals surface area contributed by atoms with Crippen LogP contribution in [0.5, 0.6) is 0 Å². The second-order valence-electron chi connectivity index (χ2n) is 5.21. The Hall–Kier alpha value is -2.36. The van der Waals surface area contributed by atoms with Gasteiger partial charge in [-0.15, -0.1) is 11.3 Å². The highest BCUT2D eigenvalue weighted by atomic mass is 32.1. The molecule has 0 spiro atoms. The van der Waals surface area contributed by atoms with Crippen LogP contribution in [0.15, 0.2) is 28.5 Å². The molecule has 2 aromatic rings. The summed E-state index contributed by atoms with van der Waals surface area (Å²) in [6.45, 7) is 1.85. The van der Waals surface area contributed by atoms with Gasteiger partial charge in [0.25, 0.3) is 11.5 Å². The Morgan fingerprint density at radius 3 is 2.46 bits per heavy atom. The number of halogens is 3. The van der Waals surface area contributed by atoms with Crippen LogP contribution in [0.3, 0.4) is 0 Å². The number of piperazine rings is 1. The third-order valence-corrected chi connectivity index (χ3v) is 4.53. The van der Waals surface area contributed by atoms with E-state index >= 15 is 0 Å². The Morgan fingerprint density at radius 2 is 1.92 bits per heavy atom. The van der Waals surface area contributed by atoms with Crippen molar-refractivity contribution in [2.75, 3.05) is 31.1 Å². The summed E-state index contributed by atoms with van der Waals surface area (Å²) in [5, 5.41) is 2.71. The zero-order valence-corrected chi connectivity index (χ0v) is 13.2. The minimum Gasteiger partial charge on any atom is -0.345 e. The number of thiazole rings is 1. The number of H-pyrrole nitrogens is 1.